The van der Waals surface area contributed by atoms with Crippen molar-refractivity contribution in [2.45, 2.75) is 47.2 Å². The van der Waals surface area contributed by atoms with Crippen LogP contribution >= 0.6 is 0 Å². The monoisotopic (exact) mass is 385 g/mol. The van der Waals surface area contributed by atoms with E-state index >= 15 is 0 Å². The maximum absolute atomic E-state index is 12.5. The van der Waals surface area contributed by atoms with Gasteiger partial charge in [0.1, 0.15) is 12.6 Å². The van der Waals surface area contributed by atoms with Gasteiger partial charge in [0, 0.05) is 11.3 Å². The first-order chi connectivity index (χ1) is 13.2. The Morgan fingerprint density at radius 2 is 1.75 bits per heavy atom. The fourth-order valence-electron chi connectivity index (χ4n) is 2.80. The molecular weight excluding hydrogens is 358 g/mol. The minimum atomic E-state index is -0.791. The van der Waals surface area contributed by atoms with E-state index in [0.29, 0.717) is 5.56 Å². The van der Waals surface area contributed by atoms with Crippen molar-refractivity contribution in [2.75, 3.05) is 0 Å². The highest BCUT2D eigenvalue weighted by Crippen LogP contribution is 2.09. The van der Waals surface area contributed by atoms with Crippen molar-refractivity contribution in [1.82, 2.24) is 25.9 Å². The summed E-state index contributed by atoms with van der Waals surface area (Å²) < 4.78 is 1.55. The standard InChI is InChI=1S/C20H27N5O3/c1-12(2)18(21-19(27)16-9-7-6-8-13(16)3)20(28)23-22-17(26)11-25-15(5)10-14(4)24-25/h6-10,12,18H,11H2,1-5H3,(H,21,27)(H,22,26)(H,23,28). The smallest absolute Gasteiger partial charge is 0.261 e. The van der Waals surface area contributed by atoms with Gasteiger partial charge in [0.25, 0.3) is 17.7 Å². The molecule has 0 radical (unpaired) electrons. The summed E-state index contributed by atoms with van der Waals surface area (Å²) >= 11 is 0. The van der Waals surface area contributed by atoms with E-state index in [1.165, 1.54) is 0 Å². The van der Waals surface area contributed by atoms with Crippen molar-refractivity contribution >= 4 is 17.7 Å². The second kappa shape index (κ2) is 9.16. The third-order valence-corrected chi connectivity index (χ3v) is 4.35. The van der Waals surface area contributed by atoms with Gasteiger partial charge in [-0.3, -0.25) is 29.9 Å². The van der Waals surface area contributed by atoms with Crippen molar-refractivity contribution in [2.24, 2.45) is 5.92 Å². The number of carbonyl (C=O) groups is 3. The van der Waals surface area contributed by atoms with Gasteiger partial charge in [-0.15, -0.1) is 0 Å². The Bertz CT molecular complexity index is 872. The maximum atomic E-state index is 12.5. The molecule has 0 aliphatic rings. The van der Waals surface area contributed by atoms with Gasteiger partial charge in [0.05, 0.1) is 5.69 Å². The Labute approximate surface area is 164 Å². The topological polar surface area (TPSA) is 105 Å². The Hall–Kier alpha value is -3.16. The lowest BCUT2D eigenvalue weighted by atomic mass is 10.0. The van der Waals surface area contributed by atoms with Crippen LogP contribution in [0.2, 0.25) is 0 Å². The molecule has 2 aromatic rings. The lowest BCUT2D eigenvalue weighted by molar-refractivity contribution is -0.130. The molecule has 1 aromatic carbocycles. The summed E-state index contributed by atoms with van der Waals surface area (Å²) in [4.78, 5) is 37.1. The van der Waals surface area contributed by atoms with Crippen LogP contribution in [0.1, 0.15) is 41.2 Å². The van der Waals surface area contributed by atoms with Gasteiger partial charge < -0.3 is 5.32 Å². The van der Waals surface area contributed by atoms with Crippen molar-refractivity contribution in [3.05, 3.63) is 52.8 Å². The summed E-state index contributed by atoms with van der Waals surface area (Å²) in [7, 11) is 0. The molecule has 8 nitrogen and oxygen atoms in total. The van der Waals surface area contributed by atoms with Crippen molar-refractivity contribution in [3.8, 4) is 0 Å². The minimum absolute atomic E-state index is 0.0120. The van der Waals surface area contributed by atoms with E-state index < -0.39 is 17.9 Å². The fourth-order valence-corrected chi connectivity index (χ4v) is 2.80. The first kappa shape index (κ1) is 21.1. The van der Waals surface area contributed by atoms with Crippen LogP contribution in [0.15, 0.2) is 30.3 Å². The van der Waals surface area contributed by atoms with Crippen molar-refractivity contribution in [3.63, 3.8) is 0 Å². The number of amides is 3. The SMILES string of the molecule is Cc1cc(C)n(CC(=O)NNC(=O)C(NC(=O)c2ccccc2C)C(C)C)n1. The summed E-state index contributed by atoms with van der Waals surface area (Å²) in [5, 5.41) is 6.95. The van der Waals surface area contributed by atoms with Gasteiger partial charge >= 0.3 is 0 Å². The molecule has 2 rings (SSSR count). The highest BCUT2D eigenvalue weighted by Gasteiger charge is 2.25. The summed E-state index contributed by atoms with van der Waals surface area (Å²) in [5.74, 6) is -1.40. The van der Waals surface area contributed by atoms with Crippen LogP contribution in [0, 0.1) is 26.7 Å². The number of nitrogens with zero attached hydrogens (tertiary/aromatic N) is 2. The van der Waals surface area contributed by atoms with Gasteiger partial charge in [-0.2, -0.15) is 5.10 Å². The average Bonchev–Trinajstić information content (AvgIpc) is 2.94. The number of hydrogen-bond donors (Lipinski definition) is 3. The quantitative estimate of drug-likeness (QED) is 0.654. The summed E-state index contributed by atoms with van der Waals surface area (Å²) in [5.41, 5.74) is 7.76. The lowest BCUT2D eigenvalue weighted by Gasteiger charge is -2.22. The molecule has 28 heavy (non-hydrogen) atoms. The highest BCUT2D eigenvalue weighted by molar-refractivity contribution is 5.98. The molecule has 0 aliphatic heterocycles. The third kappa shape index (κ3) is 5.42. The molecule has 0 bridgehead atoms. The predicted octanol–water partition coefficient (Wildman–Crippen LogP) is 1.41. The summed E-state index contributed by atoms with van der Waals surface area (Å²) in [6.07, 6.45) is 0. The van der Waals surface area contributed by atoms with Crippen LogP contribution in [0.3, 0.4) is 0 Å². The molecule has 1 atom stereocenters. The number of nitrogens with one attached hydrogen (secondary N) is 3. The fraction of sp³-hybridized carbons (Fsp3) is 0.400. The Kier molecular flexibility index (Phi) is 6.92. The Balaban J connectivity index is 1.95. The first-order valence-electron chi connectivity index (χ1n) is 9.15. The molecule has 8 heteroatoms. The summed E-state index contributed by atoms with van der Waals surface area (Å²) in [6.45, 7) is 9.15. The zero-order valence-corrected chi connectivity index (χ0v) is 16.9. The number of aromatic nitrogens is 2. The maximum Gasteiger partial charge on any atom is 0.261 e. The predicted molar refractivity (Wildman–Crippen MR) is 105 cm³/mol. The number of hydrogen-bond acceptors (Lipinski definition) is 4. The van der Waals surface area contributed by atoms with E-state index in [-0.39, 0.29) is 18.4 Å². The zero-order valence-electron chi connectivity index (χ0n) is 16.9. The molecule has 150 valence electrons. The van der Waals surface area contributed by atoms with Crippen LogP contribution in [-0.2, 0) is 16.1 Å². The van der Waals surface area contributed by atoms with E-state index in [2.05, 4.69) is 21.3 Å². The largest absolute Gasteiger partial charge is 0.340 e. The number of rotatable bonds is 6. The molecule has 0 saturated carbocycles. The molecular formula is C20H27N5O3. The number of carbonyl (C=O) groups excluding carboxylic acids is 3. The van der Waals surface area contributed by atoms with E-state index in [1.807, 2.05) is 52.8 Å². The molecule has 1 aromatic heterocycles. The normalized spacial score (nSPS) is 11.8. The van der Waals surface area contributed by atoms with Gasteiger partial charge in [-0.25, -0.2) is 0 Å². The van der Waals surface area contributed by atoms with E-state index in [9.17, 15) is 14.4 Å². The molecule has 3 amide bonds. The second-order valence-corrected chi connectivity index (χ2v) is 7.13. The van der Waals surface area contributed by atoms with Gasteiger partial charge in [0.2, 0.25) is 0 Å². The van der Waals surface area contributed by atoms with Crippen LogP contribution in [0.25, 0.3) is 0 Å². The van der Waals surface area contributed by atoms with Crippen LogP contribution in [0.4, 0.5) is 0 Å². The first-order valence-corrected chi connectivity index (χ1v) is 9.15. The molecule has 0 fully saturated rings. The molecule has 0 aliphatic carbocycles. The third-order valence-electron chi connectivity index (χ3n) is 4.35. The number of aryl methyl sites for hydroxylation is 3. The van der Waals surface area contributed by atoms with Crippen molar-refractivity contribution < 1.29 is 14.4 Å². The minimum Gasteiger partial charge on any atom is -0.340 e. The molecule has 0 saturated heterocycles. The Morgan fingerprint density at radius 3 is 2.32 bits per heavy atom. The average molecular weight is 385 g/mol. The molecule has 0 spiro atoms. The Morgan fingerprint density at radius 1 is 1.07 bits per heavy atom. The highest BCUT2D eigenvalue weighted by atomic mass is 16.2. The van der Waals surface area contributed by atoms with E-state index in [4.69, 9.17) is 0 Å². The van der Waals surface area contributed by atoms with E-state index in [1.54, 1.807) is 16.8 Å². The molecule has 1 unspecified atom stereocenters. The second-order valence-electron chi connectivity index (χ2n) is 7.13. The van der Waals surface area contributed by atoms with Crippen LogP contribution < -0.4 is 16.2 Å². The molecule has 3 N–H and O–H groups in total. The van der Waals surface area contributed by atoms with E-state index in [0.717, 1.165) is 17.0 Å². The zero-order chi connectivity index (χ0) is 20.8. The van der Waals surface area contributed by atoms with Crippen LogP contribution in [-0.4, -0.2) is 33.5 Å². The van der Waals surface area contributed by atoms with Crippen molar-refractivity contribution in [1.29, 1.82) is 0 Å². The lowest BCUT2D eigenvalue weighted by Crippen LogP contribution is -2.54. The molecule has 1 heterocycles. The number of benzene rings is 1. The van der Waals surface area contributed by atoms with Gasteiger partial charge in [-0.05, 0) is 44.4 Å². The summed E-state index contributed by atoms with van der Waals surface area (Å²) in [6, 6.07) is 8.22. The van der Waals surface area contributed by atoms with Gasteiger partial charge in [0.15, 0.2) is 0 Å². The van der Waals surface area contributed by atoms with Gasteiger partial charge in [-0.1, -0.05) is 32.0 Å². The number of hydrazine groups is 1. The van der Waals surface area contributed by atoms with Crippen LogP contribution in [0.5, 0.6) is 0 Å².